The molecule has 3 fully saturated rings. The average Bonchev–Trinajstić information content (AvgIpc) is 3.40. The summed E-state index contributed by atoms with van der Waals surface area (Å²) < 4.78 is 11.3. The summed E-state index contributed by atoms with van der Waals surface area (Å²) >= 11 is 0. The van der Waals surface area contributed by atoms with Gasteiger partial charge in [0, 0.05) is 91.4 Å². The molecule has 5 aliphatic rings. The number of ether oxygens (including phenoxy) is 2. The van der Waals surface area contributed by atoms with E-state index in [-0.39, 0.29) is 73.7 Å². The number of hydrogen-bond acceptors (Lipinski definition) is 12. The smallest absolute Gasteiger partial charge is 0.410 e. The second-order valence-electron chi connectivity index (χ2n) is 22.7. The zero-order valence-electron chi connectivity index (χ0n) is 42.1. The molecule has 5 rings (SSSR count). The van der Waals surface area contributed by atoms with Gasteiger partial charge in [-0.25, -0.2) is 4.79 Å². The van der Waals surface area contributed by atoms with Crippen LogP contribution in [0.25, 0.3) is 0 Å². The Hall–Kier alpha value is -4.56. The van der Waals surface area contributed by atoms with Gasteiger partial charge < -0.3 is 29.5 Å². The molecular formula is C52H74N2O12. The quantitative estimate of drug-likeness (QED) is 0.0864. The molecule has 0 aliphatic heterocycles. The van der Waals surface area contributed by atoms with Crippen LogP contribution < -0.4 is 0 Å². The summed E-state index contributed by atoms with van der Waals surface area (Å²) in [5.41, 5.74) is -5.70. The van der Waals surface area contributed by atoms with Crippen LogP contribution in [0.1, 0.15) is 135 Å². The number of carbonyl (C=O) groups is 8. The van der Waals surface area contributed by atoms with Crippen molar-refractivity contribution in [1.29, 1.82) is 0 Å². The molecule has 5 aliphatic carbocycles. The molecule has 0 radical (unpaired) electrons. The Morgan fingerprint density at radius 3 is 2.03 bits per heavy atom. The van der Waals surface area contributed by atoms with Crippen molar-refractivity contribution in [2.24, 2.45) is 44.8 Å². The van der Waals surface area contributed by atoms with Crippen LogP contribution in [0.5, 0.6) is 0 Å². The average molecular weight is 919 g/mol. The number of Topliss-reactive ketones (excluding diaryl/α,β-unsaturated/α-hetero) is 4. The molecule has 0 aromatic carbocycles. The second-order valence-corrected chi connectivity index (χ2v) is 22.7. The minimum atomic E-state index is -2.09. The molecule has 2 amide bonds. The molecule has 0 unspecified atom stereocenters. The van der Waals surface area contributed by atoms with Crippen LogP contribution in [0.2, 0.25) is 0 Å². The number of carbonyl (C=O) groups excluding carboxylic acids is 8. The Morgan fingerprint density at radius 1 is 0.864 bits per heavy atom. The lowest BCUT2D eigenvalue weighted by molar-refractivity contribution is -0.184. The number of aliphatic hydroxyl groups is 2. The van der Waals surface area contributed by atoms with Crippen molar-refractivity contribution < 1.29 is 58.0 Å². The van der Waals surface area contributed by atoms with Gasteiger partial charge >= 0.3 is 12.1 Å². The van der Waals surface area contributed by atoms with E-state index in [0.717, 1.165) is 5.57 Å². The molecule has 0 spiro atoms. The van der Waals surface area contributed by atoms with Crippen molar-refractivity contribution in [3.05, 3.63) is 46.1 Å². The van der Waals surface area contributed by atoms with Crippen molar-refractivity contribution in [2.45, 2.75) is 159 Å². The van der Waals surface area contributed by atoms with Crippen LogP contribution in [-0.2, 0) is 43.0 Å². The number of hydrogen-bond donors (Lipinski definition) is 2. The molecule has 2 N–H and O–H groups in total. The number of rotatable bonds is 13. The van der Waals surface area contributed by atoms with Crippen LogP contribution in [-0.4, -0.2) is 117 Å². The van der Waals surface area contributed by atoms with E-state index in [1.165, 1.54) is 35.8 Å². The van der Waals surface area contributed by atoms with Gasteiger partial charge in [-0.1, -0.05) is 46.3 Å². The Morgan fingerprint density at radius 2 is 1.44 bits per heavy atom. The first-order valence-electron chi connectivity index (χ1n) is 23.3. The monoisotopic (exact) mass is 919 g/mol. The lowest BCUT2D eigenvalue weighted by Crippen LogP contribution is -2.65. The van der Waals surface area contributed by atoms with Crippen molar-refractivity contribution in [3.8, 4) is 0 Å². The fourth-order valence-corrected chi connectivity index (χ4v) is 13.0. The maximum atomic E-state index is 15.0. The highest BCUT2D eigenvalue weighted by Gasteiger charge is 2.75. The Kier molecular flexibility index (Phi) is 13.9. The number of fused-ring (bicyclic) bond motifs is 5. The van der Waals surface area contributed by atoms with E-state index < -0.39 is 80.2 Å². The molecule has 9 atom stereocenters. The maximum absolute atomic E-state index is 15.0. The van der Waals surface area contributed by atoms with Gasteiger partial charge in [0.2, 0.25) is 5.91 Å². The number of aliphatic hydroxyl groups excluding tert-OH is 1. The summed E-state index contributed by atoms with van der Waals surface area (Å²) in [4.78, 5) is 111. The lowest BCUT2D eigenvalue weighted by atomic mass is 9.38. The summed E-state index contributed by atoms with van der Waals surface area (Å²) in [5.74, 6) is -4.13. The zero-order valence-corrected chi connectivity index (χ0v) is 42.1. The molecule has 364 valence electrons. The molecule has 0 bridgehead atoms. The van der Waals surface area contributed by atoms with Gasteiger partial charge in [-0.15, -0.1) is 0 Å². The molecule has 14 heteroatoms. The molecule has 66 heavy (non-hydrogen) atoms. The van der Waals surface area contributed by atoms with E-state index in [0.29, 0.717) is 35.1 Å². The van der Waals surface area contributed by atoms with Crippen molar-refractivity contribution >= 4 is 46.9 Å². The number of nitrogens with zero attached hydrogens (tertiary/aromatic N) is 2. The Bertz CT molecular complexity index is 2260. The van der Waals surface area contributed by atoms with Gasteiger partial charge in [0.25, 0.3) is 0 Å². The number of ketones is 5. The molecule has 14 nitrogen and oxygen atoms in total. The van der Waals surface area contributed by atoms with Gasteiger partial charge in [-0.2, -0.15) is 0 Å². The van der Waals surface area contributed by atoms with Crippen LogP contribution in [0.4, 0.5) is 4.79 Å². The molecule has 0 aromatic heterocycles. The predicted molar refractivity (Wildman–Crippen MR) is 246 cm³/mol. The van der Waals surface area contributed by atoms with Crippen molar-refractivity contribution in [1.82, 2.24) is 9.80 Å². The fourth-order valence-electron chi connectivity index (χ4n) is 13.0. The number of amides is 2. The van der Waals surface area contributed by atoms with Gasteiger partial charge in [-0.3, -0.25) is 33.6 Å². The third-order valence-corrected chi connectivity index (χ3v) is 17.0. The molecule has 0 aromatic rings. The van der Waals surface area contributed by atoms with Crippen molar-refractivity contribution in [3.63, 3.8) is 0 Å². The van der Waals surface area contributed by atoms with Crippen molar-refractivity contribution in [2.75, 3.05) is 27.2 Å². The van der Waals surface area contributed by atoms with Gasteiger partial charge in [-0.05, 0) is 116 Å². The summed E-state index contributed by atoms with van der Waals surface area (Å²) in [5, 5.41) is 23.9. The number of allylic oxidation sites excluding steroid dienone is 6. The van der Waals surface area contributed by atoms with Crippen LogP contribution in [0, 0.1) is 44.8 Å². The van der Waals surface area contributed by atoms with E-state index >= 15 is 0 Å². The van der Waals surface area contributed by atoms with Gasteiger partial charge in [0.1, 0.15) is 17.0 Å². The second kappa shape index (κ2) is 17.5. The van der Waals surface area contributed by atoms with Crippen LogP contribution >= 0.6 is 0 Å². The van der Waals surface area contributed by atoms with Gasteiger partial charge in [0.15, 0.2) is 29.2 Å². The Labute approximate surface area is 390 Å². The van der Waals surface area contributed by atoms with Crippen LogP contribution in [0.3, 0.4) is 0 Å². The first-order valence-corrected chi connectivity index (χ1v) is 23.3. The van der Waals surface area contributed by atoms with Crippen LogP contribution in [0.15, 0.2) is 46.1 Å². The largest absolute Gasteiger partial charge is 0.456 e. The normalized spacial score (nSPS) is 32.0. The first kappa shape index (κ1) is 52.4. The first-order chi connectivity index (χ1) is 30.0. The zero-order chi connectivity index (χ0) is 50.2. The molecule has 3 saturated carbocycles. The van der Waals surface area contributed by atoms with E-state index in [1.54, 1.807) is 76.4 Å². The van der Waals surface area contributed by atoms with E-state index in [1.807, 2.05) is 26.8 Å². The summed E-state index contributed by atoms with van der Waals surface area (Å²) in [6.07, 6.45) is 2.64. The topological polar surface area (TPSA) is 202 Å². The summed E-state index contributed by atoms with van der Waals surface area (Å²) in [7, 11) is 3.20. The highest BCUT2D eigenvalue weighted by atomic mass is 16.6. The fraction of sp³-hybridized carbons (Fsp3) is 0.692. The summed E-state index contributed by atoms with van der Waals surface area (Å²) in [6, 6.07) is 0. The third kappa shape index (κ3) is 8.62. The lowest BCUT2D eigenvalue weighted by Gasteiger charge is -2.64. The van der Waals surface area contributed by atoms with E-state index in [4.69, 9.17) is 9.47 Å². The molecule has 0 heterocycles. The Balaban J connectivity index is 1.29. The highest BCUT2D eigenvalue weighted by molar-refractivity contribution is 6.25. The highest BCUT2D eigenvalue weighted by Crippen LogP contribution is 2.74. The van der Waals surface area contributed by atoms with E-state index in [9.17, 15) is 48.6 Å². The predicted octanol–water partition coefficient (Wildman–Crippen LogP) is 6.64. The molecule has 0 saturated heterocycles. The standard InChI is InChI=1S/C52H74N2O12/c1-28-29(2)42(61)40(30(3)41(28)60)46(5,6)27-39(59)53(15)22-17-23-54(16)45(63)65-35-24-33-32(48(9,10)44(35)62)18-19-36-49(11)25-34(56)43(50(49,12)26-38(58)51(33,36)13)52(14,64)37(57)20-21-47(7,8)66-31(4)55/h18,20-21,33-36,43,56,64H,17,19,22-27H2,1-16H3/b21-20+/t33-,34-,35+,36+,43+,49+,50-,51+,52+/m1/s1. The van der Waals surface area contributed by atoms with Gasteiger partial charge in [0.05, 0.1) is 6.10 Å². The van der Waals surface area contributed by atoms with E-state index in [2.05, 4.69) is 0 Å². The third-order valence-electron chi connectivity index (χ3n) is 17.0. The molecular weight excluding hydrogens is 845 g/mol. The number of esters is 1. The SMILES string of the molecule is CC(=O)OC(C)(C)/C=C/C(=O)[C@](C)(O)[C@H]1[C@H](O)C[C@@]2(C)[C@@H]3CC=C4[C@@H](C[C@H](OC(=O)N(C)CCCN(C)C(=O)CC(C)(C)C5=C(C)C(=O)C(C)=C(C)C5=O)C(=O)C4(C)C)[C@]3(C)C(=O)C[C@]12C. The maximum Gasteiger partial charge on any atom is 0.410 e. The minimum absolute atomic E-state index is 0.00462. The minimum Gasteiger partial charge on any atom is -0.456 e. The summed E-state index contributed by atoms with van der Waals surface area (Å²) in [6.45, 7) is 24.2.